The molecule has 82 valence electrons. The van der Waals surface area contributed by atoms with Crippen molar-refractivity contribution in [2.45, 2.75) is 46.2 Å². The third-order valence-electron chi connectivity index (χ3n) is 2.82. The van der Waals surface area contributed by atoms with Gasteiger partial charge in [0.25, 0.3) is 5.91 Å². The molecule has 1 fully saturated rings. The van der Waals surface area contributed by atoms with Gasteiger partial charge in [0.05, 0.1) is 11.3 Å². The molecule has 0 spiro atoms. The number of aryl methyl sites for hydroxylation is 2. The molecule has 1 aliphatic carbocycles. The van der Waals surface area contributed by atoms with Crippen LogP contribution < -0.4 is 5.32 Å². The second-order valence-electron chi connectivity index (χ2n) is 4.11. The second-order valence-corrected chi connectivity index (χ2v) is 4.11. The average Bonchev–Trinajstić information content (AvgIpc) is 2.92. The summed E-state index contributed by atoms with van der Waals surface area (Å²) in [6.07, 6.45) is 2.23. The normalized spacial score (nSPS) is 15.4. The third-order valence-corrected chi connectivity index (χ3v) is 2.82. The van der Waals surface area contributed by atoms with Gasteiger partial charge in [0.1, 0.15) is 0 Å². The van der Waals surface area contributed by atoms with E-state index in [4.69, 9.17) is 0 Å². The standard InChI is InChI=1S/C11H17N3O/c1-4-14-8(3)10(7(2)13-14)11(15)12-9-5-6-9/h9H,4-6H2,1-3H3,(H,12,15). The summed E-state index contributed by atoms with van der Waals surface area (Å²) in [5, 5.41) is 7.33. The summed E-state index contributed by atoms with van der Waals surface area (Å²) in [6.45, 7) is 6.68. The molecular weight excluding hydrogens is 190 g/mol. The van der Waals surface area contributed by atoms with E-state index in [9.17, 15) is 4.79 Å². The maximum absolute atomic E-state index is 11.9. The van der Waals surface area contributed by atoms with Crippen LogP contribution in [0.5, 0.6) is 0 Å². The molecule has 4 heteroatoms. The summed E-state index contributed by atoms with van der Waals surface area (Å²) < 4.78 is 1.87. The third kappa shape index (κ3) is 1.89. The van der Waals surface area contributed by atoms with Crippen molar-refractivity contribution in [2.24, 2.45) is 0 Å². The maximum Gasteiger partial charge on any atom is 0.255 e. The van der Waals surface area contributed by atoms with E-state index >= 15 is 0 Å². The molecule has 0 unspecified atom stereocenters. The lowest BCUT2D eigenvalue weighted by molar-refractivity contribution is 0.0950. The van der Waals surface area contributed by atoms with E-state index in [1.54, 1.807) is 0 Å². The fourth-order valence-electron chi connectivity index (χ4n) is 1.82. The van der Waals surface area contributed by atoms with Crippen LogP contribution in [0, 0.1) is 13.8 Å². The van der Waals surface area contributed by atoms with Crippen molar-refractivity contribution < 1.29 is 4.79 Å². The first kappa shape index (κ1) is 10.2. The van der Waals surface area contributed by atoms with Gasteiger partial charge in [-0.15, -0.1) is 0 Å². The quantitative estimate of drug-likeness (QED) is 0.814. The molecular formula is C11H17N3O. The molecule has 0 saturated heterocycles. The first-order valence-corrected chi connectivity index (χ1v) is 5.48. The summed E-state index contributed by atoms with van der Waals surface area (Å²) in [4.78, 5) is 11.9. The van der Waals surface area contributed by atoms with Crippen LogP contribution in [-0.2, 0) is 6.54 Å². The SMILES string of the molecule is CCn1nc(C)c(C(=O)NC2CC2)c1C. The predicted molar refractivity (Wildman–Crippen MR) is 57.9 cm³/mol. The van der Waals surface area contributed by atoms with Crippen LogP contribution >= 0.6 is 0 Å². The molecule has 0 aromatic carbocycles. The number of aromatic nitrogens is 2. The minimum atomic E-state index is 0.0344. The van der Waals surface area contributed by atoms with Crippen LogP contribution in [0.1, 0.15) is 41.5 Å². The van der Waals surface area contributed by atoms with E-state index in [-0.39, 0.29) is 5.91 Å². The highest BCUT2D eigenvalue weighted by atomic mass is 16.1. The van der Waals surface area contributed by atoms with Gasteiger partial charge >= 0.3 is 0 Å². The molecule has 1 aromatic rings. The Morgan fingerprint density at radius 2 is 2.20 bits per heavy atom. The zero-order valence-electron chi connectivity index (χ0n) is 9.50. The zero-order chi connectivity index (χ0) is 11.0. The van der Waals surface area contributed by atoms with Crippen molar-refractivity contribution in [1.29, 1.82) is 0 Å². The van der Waals surface area contributed by atoms with E-state index in [0.717, 1.165) is 36.3 Å². The molecule has 1 amide bonds. The Morgan fingerprint density at radius 3 is 2.67 bits per heavy atom. The van der Waals surface area contributed by atoms with Gasteiger partial charge in [-0.2, -0.15) is 5.10 Å². The Labute approximate surface area is 89.7 Å². The number of hydrogen-bond donors (Lipinski definition) is 1. The zero-order valence-corrected chi connectivity index (χ0v) is 9.50. The van der Waals surface area contributed by atoms with Gasteiger partial charge in [0.15, 0.2) is 0 Å². The monoisotopic (exact) mass is 207 g/mol. The molecule has 0 atom stereocenters. The number of nitrogens with zero attached hydrogens (tertiary/aromatic N) is 2. The number of amides is 1. The van der Waals surface area contributed by atoms with Crippen LogP contribution in [0.2, 0.25) is 0 Å². The Balaban J connectivity index is 2.25. The van der Waals surface area contributed by atoms with Crippen LogP contribution in [0.25, 0.3) is 0 Å². The van der Waals surface area contributed by atoms with Crippen LogP contribution in [-0.4, -0.2) is 21.7 Å². The molecule has 1 aliphatic rings. The summed E-state index contributed by atoms with van der Waals surface area (Å²) >= 11 is 0. The molecule has 2 rings (SSSR count). The van der Waals surface area contributed by atoms with E-state index in [1.807, 2.05) is 25.5 Å². The van der Waals surface area contributed by atoms with Crippen molar-refractivity contribution in [3.63, 3.8) is 0 Å². The highest BCUT2D eigenvalue weighted by molar-refractivity contribution is 5.96. The van der Waals surface area contributed by atoms with Crippen molar-refractivity contribution in [1.82, 2.24) is 15.1 Å². The summed E-state index contributed by atoms with van der Waals surface area (Å²) in [7, 11) is 0. The molecule has 1 aromatic heterocycles. The van der Waals surface area contributed by atoms with E-state index in [0.29, 0.717) is 6.04 Å². The molecule has 0 radical (unpaired) electrons. The number of carbonyl (C=O) groups excluding carboxylic acids is 1. The van der Waals surface area contributed by atoms with E-state index < -0.39 is 0 Å². The van der Waals surface area contributed by atoms with Crippen molar-refractivity contribution >= 4 is 5.91 Å². The smallest absolute Gasteiger partial charge is 0.255 e. The number of rotatable bonds is 3. The number of carbonyl (C=O) groups is 1. The Hall–Kier alpha value is -1.32. The highest BCUT2D eigenvalue weighted by Gasteiger charge is 2.26. The van der Waals surface area contributed by atoms with Crippen LogP contribution in [0.4, 0.5) is 0 Å². The predicted octanol–water partition coefficient (Wildman–Crippen LogP) is 1.41. The number of nitrogens with one attached hydrogen (secondary N) is 1. The molecule has 0 aliphatic heterocycles. The van der Waals surface area contributed by atoms with E-state index in [2.05, 4.69) is 10.4 Å². The largest absolute Gasteiger partial charge is 0.349 e. The molecule has 1 saturated carbocycles. The molecule has 15 heavy (non-hydrogen) atoms. The Kier molecular flexibility index (Phi) is 2.50. The first-order valence-electron chi connectivity index (χ1n) is 5.48. The van der Waals surface area contributed by atoms with Crippen molar-refractivity contribution in [3.05, 3.63) is 17.0 Å². The topological polar surface area (TPSA) is 46.9 Å². The summed E-state index contributed by atoms with van der Waals surface area (Å²) in [5.74, 6) is 0.0344. The average molecular weight is 207 g/mol. The lowest BCUT2D eigenvalue weighted by Gasteiger charge is -2.03. The number of hydrogen-bond acceptors (Lipinski definition) is 2. The second kappa shape index (κ2) is 3.68. The fraction of sp³-hybridized carbons (Fsp3) is 0.636. The minimum absolute atomic E-state index is 0.0344. The molecule has 1 N–H and O–H groups in total. The molecule has 4 nitrogen and oxygen atoms in total. The van der Waals surface area contributed by atoms with Gasteiger partial charge in [-0.1, -0.05) is 0 Å². The summed E-state index contributed by atoms with van der Waals surface area (Å²) in [5.41, 5.74) is 2.55. The fourth-order valence-corrected chi connectivity index (χ4v) is 1.82. The summed E-state index contributed by atoms with van der Waals surface area (Å²) in [6, 6.07) is 0.404. The van der Waals surface area contributed by atoms with Crippen LogP contribution in [0.3, 0.4) is 0 Å². The molecule has 1 heterocycles. The first-order chi connectivity index (χ1) is 7.13. The van der Waals surface area contributed by atoms with Crippen molar-refractivity contribution in [3.8, 4) is 0 Å². The van der Waals surface area contributed by atoms with Gasteiger partial charge in [0.2, 0.25) is 0 Å². The van der Waals surface area contributed by atoms with Crippen molar-refractivity contribution in [2.75, 3.05) is 0 Å². The lowest BCUT2D eigenvalue weighted by Crippen LogP contribution is -2.26. The van der Waals surface area contributed by atoms with Crippen LogP contribution in [0.15, 0.2) is 0 Å². The maximum atomic E-state index is 11.9. The van der Waals surface area contributed by atoms with Gasteiger partial charge in [-0.3, -0.25) is 9.48 Å². The highest BCUT2D eigenvalue weighted by Crippen LogP contribution is 2.21. The Morgan fingerprint density at radius 1 is 1.53 bits per heavy atom. The molecule has 0 bridgehead atoms. The van der Waals surface area contributed by atoms with E-state index in [1.165, 1.54) is 0 Å². The van der Waals surface area contributed by atoms with Gasteiger partial charge in [0, 0.05) is 18.3 Å². The lowest BCUT2D eigenvalue weighted by atomic mass is 10.2. The minimum Gasteiger partial charge on any atom is -0.349 e. The van der Waals surface area contributed by atoms with Gasteiger partial charge < -0.3 is 5.32 Å². The Bertz CT molecular complexity index is 391. The van der Waals surface area contributed by atoms with Gasteiger partial charge in [-0.05, 0) is 33.6 Å². The van der Waals surface area contributed by atoms with Gasteiger partial charge in [-0.25, -0.2) is 0 Å².